The molecule has 0 saturated heterocycles. The first-order valence-corrected chi connectivity index (χ1v) is 4.82. The van der Waals surface area contributed by atoms with Gasteiger partial charge in [-0.2, -0.15) is 0 Å². The lowest BCUT2D eigenvalue weighted by molar-refractivity contribution is 0.740. The molecule has 62 valence electrons. The normalized spacial score (nSPS) is 10.4. The van der Waals surface area contributed by atoms with Crippen LogP contribution < -0.4 is 5.73 Å². The summed E-state index contributed by atoms with van der Waals surface area (Å²) in [5.74, 6) is 0. The minimum Gasteiger partial charge on any atom is -0.330 e. The second-order valence-electron chi connectivity index (χ2n) is 2.63. The molecule has 0 fully saturated rings. The highest BCUT2D eigenvalue weighted by Crippen LogP contribution is 2.11. The zero-order chi connectivity index (χ0) is 8.10. The van der Waals surface area contributed by atoms with Gasteiger partial charge in [0, 0.05) is 11.1 Å². The molecule has 0 aliphatic heterocycles. The highest BCUT2D eigenvalue weighted by atomic mass is 32.1. The molecule has 1 aromatic rings. The summed E-state index contributed by atoms with van der Waals surface area (Å²) in [5.41, 5.74) is 6.52. The first-order valence-electron chi connectivity index (χ1n) is 3.94. The van der Waals surface area contributed by atoms with Crippen molar-refractivity contribution in [1.82, 2.24) is 4.98 Å². The third-order valence-electron chi connectivity index (χ3n) is 1.51. The van der Waals surface area contributed by atoms with E-state index in [-0.39, 0.29) is 0 Å². The van der Waals surface area contributed by atoms with Gasteiger partial charge in [0.1, 0.15) is 0 Å². The van der Waals surface area contributed by atoms with Gasteiger partial charge < -0.3 is 5.73 Å². The van der Waals surface area contributed by atoms with Gasteiger partial charge in [0.15, 0.2) is 0 Å². The summed E-state index contributed by atoms with van der Waals surface area (Å²) in [6.07, 6.45) is 3.37. The average Bonchev–Trinajstić information content (AvgIpc) is 2.37. The Morgan fingerprint density at radius 1 is 1.55 bits per heavy atom. The van der Waals surface area contributed by atoms with Crippen LogP contribution in [0.1, 0.15) is 23.5 Å². The van der Waals surface area contributed by atoms with E-state index in [1.54, 1.807) is 11.3 Å². The molecule has 0 saturated carbocycles. The van der Waals surface area contributed by atoms with Crippen LogP contribution >= 0.6 is 11.3 Å². The molecule has 0 aliphatic carbocycles. The van der Waals surface area contributed by atoms with Crippen LogP contribution in [0.25, 0.3) is 0 Å². The van der Waals surface area contributed by atoms with Crippen molar-refractivity contribution in [3.63, 3.8) is 0 Å². The fourth-order valence-electron chi connectivity index (χ4n) is 0.938. The number of hydrogen-bond donors (Lipinski definition) is 1. The first kappa shape index (κ1) is 8.68. The molecule has 1 aromatic heterocycles. The van der Waals surface area contributed by atoms with E-state index >= 15 is 0 Å². The quantitative estimate of drug-likeness (QED) is 0.699. The van der Waals surface area contributed by atoms with Crippen LogP contribution in [0.2, 0.25) is 0 Å². The second-order valence-corrected chi connectivity index (χ2v) is 3.57. The molecule has 0 spiro atoms. The van der Waals surface area contributed by atoms with Gasteiger partial charge in [-0.05, 0) is 32.7 Å². The van der Waals surface area contributed by atoms with E-state index in [0.717, 1.165) is 25.1 Å². The van der Waals surface area contributed by atoms with E-state index in [1.165, 1.54) is 11.4 Å². The van der Waals surface area contributed by atoms with E-state index < -0.39 is 0 Å². The topological polar surface area (TPSA) is 38.9 Å². The average molecular weight is 170 g/mol. The highest BCUT2D eigenvalue weighted by molar-refractivity contribution is 7.09. The Kier molecular flexibility index (Phi) is 3.52. The molecule has 0 radical (unpaired) electrons. The Morgan fingerprint density at radius 3 is 2.91 bits per heavy atom. The van der Waals surface area contributed by atoms with Gasteiger partial charge in [-0.25, -0.2) is 4.98 Å². The number of rotatable bonds is 4. The number of aryl methyl sites for hydroxylation is 2. The standard InChI is InChI=1S/C8H14N2S/c1-7-6-11-8(10-7)4-2-3-5-9/h6H,2-5,9H2,1H3. The van der Waals surface area contributed by atoms with Gasteiger partial charge in [0.05, 0.1) is 5.01 Å². The smallest absolute Gasteiger partial charge is 0.0928 e. The fraction of sp³-hybridized carbons (Fsp3) is 0.625. The molecule has 0 bridgehead atoms. The number of nitrogens with zero attached hydrogens (tertiary/aromatic N) is 1. The van der Waals surface area contributed by atoms with Gasteiger partial charge in [-0.15, -0.1) is 11.3 Å². The van der Waals surface area contributed by atoms with E-state index in [1.807, 2.05) is 6.92 Å². The van der Waals surface area contributed by atoms with E-state index in [2.05, 4.69) is 10.4 Å². The monoisotopic (exact) mass is 170 g/mol. The van der Waals surface area contributed by atoms with Gasteiger partial charge >= 0.3 is 0 Å². The molecule has 3 heteroatoms. The molecule has 0 aromatic carbocycles. The molecular weight excluding hydrogens is 156 g/mol. The maximum atomic E-state index is 5.38. The van der Waals surface area contributed by atoms with E-state index in [0.29, 0.717) is 0 Å². The van der Waals surface area contributed by atoms with Crippen molar-refractivity contribution < 1.29 is 0 Å². The summed E-state index contributed by atoms with van der Waals surface area (Å²) >= 11 is 1.75. The van der Waals surface area contributed by atoms with Crippen LogP contribution in [-0.4, -0.2) is 11.5 Å². The first-order chi connectivity index (χ1) is 5.33. The van der Waals surface area contributed by atoms with Crippen molar-refractivity contribution in [3.05, 3.63) is 16.1 Å². The highest BCUT2D eigenvalue weighted by Gasteiger charge is 1.96. The summed E-state index contributed by atoms with van der Waals surface area (Å²) in [7, 11) is 0. The van der Waals surface area contributed by atoms with Crippen LogP contribution in [0.4, 0.5) is 0 Å². The molecule has 0 atom stereocenters. The summed E-state index contributed by atoms with van der Waals surface area (Å²) < 4.78 is 0. The van der Waals surface area contributed by atoms with Crippen LogP contribution in [0, 0.1) is 6.92 Å². The molecule has 0 amide bonds. The summed E-state index contributed by atoms with van der Waals surface area (Å²) in [6.45, 7) is 2.83. The van der Waals surface area contributed by atoms with Crippen LogP contribution in [0.15, 0.2) is 5.38 Å². The minimum absolute atomic E-state index is 0.796. The minimum atomic E-state index is 0.796. The summed E-state index contributed by atoms with van der Waals surface area (Å²) in [5, 5.41) is 3.34. The van der Waals surface area contributed by atoms with Gasteiger partial charge in [-0.1, -0.05) is 0 Å². The molecule has 0 unspecified atom stereocenters. The van der Waals surface area contributed by atoms with Gasteiger partial charge in [0.2, 0.25) is 0 Å². The zero-order valence-electron chi connectivity index (χ0n) is 6.84. The SMILES string of the molecule is Cc1csc(CCCCN)n1. The predicted molar refractivity (Wildman–Crippen MR) is 48.8 cm³/mol. The van der Waals surface area contributed by atoms with Crippen molar-refractivity contribution in [1.29, 1.82) is 0 Å². The van der Waals surface area contributed by atoms with Crippen molar-refractivity contribution >= 4 is 11.3 Å². The van der Waals surface area contributed by atoms with Gasteiger partial charge in [-0.3, -0.25) is 0 Å². The van der Waals surface area contributed by atoms with Crippen molar-refractivity contribution in [3.8, 4) is 0 Å². The third-order valence-corrected chi connectivity index (χ3v) is 2.54. The summed E-state index contributed by atoms with van der Waals surface area (Å²) in [6, 6.07) is 0. The van der Waals surface area contributed by atoms with Crippen LogP contribution in [0.3, 0.4) is 0 Å². The van der Waals surface area contributed by atoms with Crippen molar-refractivity contribution in [2.75, 3.05) is 6.54 Å². The largest absolute Gasteiger partial charge is 0.330 e. The maximum absolute atomic E-state index is 5.38. The Hall–Kier alpha value is -0.410. The summed E-state index contributed by atoms with van der Waals surface area (Å²) in [4.78, 5) is 4.36. The fourth-order valence-corrected chi connectivity index (χ4v) is 1.76. The lowest BCUT2D eigenvalue weighted by Crippen LogP contribution is -1.98. The number of unbranched alkanes of at least 4 members (excludes halogenated alkanes) is 1. The molecule has 2 nitrogen and oxygen atoms in total. The van der Waals surface area contributed by atoms with Crippen LogP contribution in [-0.2, 0) is 6.42 Å². The van der Waals surface area contributed by atoms with E-state index in [4.69, 9.17) is 5.73 Å². The second kappa shape index (κ2) is 4.46. The van der Waals surface area contributed by atoms with Crippen LogP contribution in [0.5, 0.6) is 0 Å². The molecule has 2 N–H and O–H groups in total. The molecule has 1 heterocycles. The Balaban J connectivity index is 2.27. The lowest BCUT2D eigenvalue weighted by atomic mass is 10.2. The van der Waals surface area contributed by atoms with Crippen molar-refractivity contribution in [2.45, 2.75) is 26.2 Å². The van der Waals surface area contributed by atoms with Crippen molar-refractivity contribution in [2.24, 2.45) is 5.73 Å². The third kappa shape index (κ3) is 2.99. The number of thiazole rings is 1. The van der Waals surface area contributed by atoms with Gasteiger partial charge in [0.25, 0.3) is 0 Å². The molecular formula is C8H14N2S. The predicted octanol–water partition coefficient (Wildman–Crippen LogP) is 1.73. The molecule has 11 heavy (non-hydrogen) atoms. The zero-order valence-corrected chi connectivity index (χ0v) is 7.66. The lowest BCUT2D eigenvalue weighted by Gasteiger charge is -1.93. The Morgan fingerprint density at radius 2 is 2.36 bits per heavy atom. The van der Waals surface area contributed by atoms with E-state index in [9.17, 15) is 0 Å². The number of aromatic nitrogens is 1. The number of nitrogens with two attached hydrogens (primary N) is 1. The Bertz CT molecular complexity index is 208. The Labute approximate surface area is 71.5 Å². The maximum Gasteiger partial charge on any atom is 0.0928 e. The molecule has 0 aliphatic rings. The number of hydrogen-bond acceptors (Lipinski definition) is 3. The molecule has 1 rings (SSSR count).